The molecule has 2 saturated heterocycles. The van der Waals surface area contributed by atoms with E-state index in [0.29, 0.717) is 26.2 Å². The Labute approximate surface area is 166 Å². The molecular weight excluding hydrogens is 362 g/mol. The second kappa shape index (κ2) is 10.6. The third kappa shape index (κ3) is 6.09. The number of piperidine rings is 1. The first-order valence-corrected chi connectivity index (χ1v) is 10.3. The molecular formula is C21H31NO6. The minimum atomic E-state index is -0.974. The van der Waals surface area contributed by atoms with Gasteiger partial charge in [-0.3, -0.25) is 0 Å². The van der Waals surface area contributed by atoms with Crippen LogP contribution in [-0.4, -0.2) is 66.5 Å². The van der Waals surface area contributed by atoms with Gasteiger partial charge in [-0.05, 0) is 56.2 Å². The van der Waals surface area contributed by atoms with E-state index < -0.39 is 12.2 Å². The Morgan fingerprint density at radius 1 is 1.14 bits per heavy atom. The number of hydrogen-bond donors (Lipinski definition) is 2. The van der Waals surface area contributed by atoms with Crippen LogP contribution >= 0.6 is 0 Å². The van der Waals surface area contributed by atoms with Crippen molar-refractivity contribution in [2.45, 2.75) is 56.8 Å². The first kappa shape index (κ1) is 20.9. The lowest BCUT2D eigenvalue weighted by molar-refractivity contribution is -0.162. The first-order valence-electron chi connectivity index (χ1n) is 10.3. The summed E-state index contributed by atoms with van der Waals surface area (Å²) in [6.07, 6.45) is 4.10. The molecule has 1 aromatic carbocycles. The topological polar surface area (TPSA) is 88.5 Å². The van der Waals surface area contributed by atoms with Gasteiger partial charge < -0.3 is 29.3 Å². The summed E-state index contributed by atoms with van der Waals surface area (Å²) < 4.78 is 17.0. The summed E-state index contributed by atoms with van der Waals surface area (Å²) in [7, 11) is 0. The molecule has 0 bridgehead atoms. The van der Waals surface area contributed by atoms with Crippen LogP contribution in [0.2, 0.25) is 0 Å². The van der Waals surface area contributed by atoms with Crippen molar-refractivity contribution in [1.82, 2.24) is 4.90 Å². The molecule has 0 unspecified atom stereocenters. The van der Waals surface area contributed by atoms with Crippen molar-refractivity contribution in [3.63, 3.8) is 0 Å². The van der Waals surface area contributed by atoms with Gasteiger partial charge >= 0.3 is 6.09 Å². The Balaban J connectivity index is 1.33. The molecule has 2 N–H and O–H groups in total. The molecule has 2 aliphatic heterocycles. The van der Waals surface area contributed by atoms with Gasteiger partial charge in [0.1, 0.15) is 5.75 Å². The highest BCUT2D eigenvalue weighted by molar-refractivity contribution is 5.65. The van der Waals surface area contributed by atoms with Crippen LogP contribution in [0.5, 0.6) is 5.75 Å². The highest BCUT2D eigenvalue weighted by atomic mass is 16.7. The molecule has 2 fully saturated rings. The molecule has 1 aromatic rings. The molecule has 0 spiro atoms. The van der Waals surface area contributed by atoms with Gasteiger partial charge in [-0.2, -0.15) is 0 Å². The summed E-state index contributed by atoms with van der Waals surface area (Å²) in [5.74, 6) is 0.765. The molecule has 2 heterocycles. The largest absolute Gasteiger partial charge is 0.494 e. The molecule has 7 nitrogen and oxygen atoms in total. The Kier molecular flexibility index (Phi) is 7.94. The van der Waals surface area contributed by atoms with E-state index in [1.54, 1.807) is 0 Å². The van der Waals surface area contributed by atoms with Crippen molar-refractivity contribution in [2.75, 3.05) is 32.9 Å². The van der Waals surface area contributed by atoms with E-state index in [0.717, 1.165) is 43.6 Å². The number of rotatable bonds is 8. The van der Waals surface area contributed by atoms with Crippen LogP contribution in [0.15, 0.2) is 24.3 Å². The Morgan fingerprint density at radius 3 is 2.61 bits per heavy atom. The van der Waals surface area contributed by atoms with Crippen LogP contribution in [-0.2, 0) is 9.47 Å². The molecule has 1 amide bonds. The number of benzene rings is 1. The molecule has 7 heteroatoms. The Morgan fingerprint density at radius 2 is 1.93 bits per heavy atom. The van der Waals surface area contributed by atoms with Crippen LogP contribution in [0, 0.1) is 0 Å². The monoisotopic (exact) mass is 393 g/mol. The molecule has 156 valence electrons. The number of likely N-dealkylation sites (tertiary alicyclic amines) is 1. The molecule has 28 heavy (non-hydrogen) atoms. The van der Waals surface area contributed by atoms with Gasteiger partial charge in [-0.15, -0.1) is 0 Å². The summed E-state index contributed by atoms with van der Waals surface area (Å²) >= 11 is 0. The van der Waals surface area contributed by atoms with Crippen LogP contribution in [0.25, 0.3) is 0 Å². The lowest BCUT2D eigenvalue weighted by atomic mass is 9.87. The summed E-state index contributed by atoms with van der Waals surface area (Å²) in [5.41, 5.74) is 1.02. The lowest BCUT2D eigenvalue weighted by Gasteiger charge is -2.34. The van der Waals surface area contributed by atoms with Crippen molar-refractivity contribution in [2.24, 2.45) is 0 Å². The number of ether oxygens (including phenoxy) is 3. The van der Waals surface area contributed by atoms with E-state index in [1.807, 2.05) is 24.3 Å². The highest BCUT2D eigenvalue weighted by Crippen LogP contribution is 2.29. The predicted molar refractivity (Wildman–Crippen MR) is 104 cm³/mol. The average molecular weight is 393 g/mol. The van der Waals surface area contributed by atoms with Crippen molar-refractivity contribution in [3.05, 3.63) is 29.8 Å². The molecule has 0 aromatic heterocycles. The standard InChI is InChI=1S/C21H31NO6/c23-19-15-22(21(24)25)11-10-18(19)16-6-8-17(9-7-16)26-12-3-4-14-28-20-5-1-2-13-27-20/h6-9,18-20,23H,1-5,10-15H2,(H,24,25)/t18-,19+,20-/m1/s1. The van der Waals surface area contributed by atoms with Gasteiger partial charge in [-0.25, -0.2) is 4.79 Å². The van der Waals surface area contributed by atoms with Crippen molar-refractivity contribution >= 4 is 6.09 Å². The minimum Gasteiger partial charge on any atom is -0.494 e. The maximum absolute atomic E-state index is 11.0. The lowest BCUT2D eigenvalue weighted by Crippen LogP contribution is -2.45. The summed E-state index contributed by atoms with van der Waals surface area (Å²) in [6, 6.07) is 7.75. The number of aliphatic hydroxyl groups excluding tert-OH is 1. The van der Waals surface area contributed by atoms with Crippen molar-refractivity contribution < 1.29 is 29.2 Å². The zero-order chi connectivity index (χ0) is 19.8. The molecule has 0 radical (unpaired) electrons. The predicted octanol–water partition coefficient (Wildman–Crippen LogP) is 3.22. The van der Waals surface area contributed by atoms with Crippen LogP contribution < -0.4 is 4.74 Å². The van der Waals surface area contributed by atoms with Gasteiger partial charge in [0.05, 0.1) is 19.3 Å². The third-order valence-electron chi connectivity index (χ3n) is 5.41. The SMILES string of the molecule is O=C(O)N1CC[C@H](c2ccc(OCCCCO[C@@H]3CCCCO3)cc2)[C@@H](O)C1. The quantitative estimate of drug-likeness (QED) is 0.660. The Bertz CT molecular complexity index is 601. The highest BCUT2D eigenvalue weighted by Gasteiger charge is 2.30. The number of hydrogen-bond acceptors (Lipinski definition) is 5. The fraction of sp³-hybridized carbons (Fsp3) is 0.667. The van der Waals surface area contributed by atoms with Crippen LogP contribution in [0.4, 0.5) is 4.79 Å². The minimum absolute atomic E-state index is 0.0278. The van der Waals surface area contributed by atoms with Crippen molar-refractivity contribution in [3.8, 4) is 5.75 Å². The van der Waals surface area contributed by atoms with E-state index in [2.05, 4.69) is 0 Å². The molecule has 3 rings (SSSR count). The maximum atomic E-state index is 11.0. The average Bonchev–Trinajstić information content (AvgIpc) is 2.72. The van der Waals surface area contributed by atoms with E-state index >= 15 is 0 Å². The second-order valence-electron chi connectivity index (χ2n) is 7.48. The number of unbranched alkanes of at least 4 members (excludes halogenated alkanes) is 1. The van der Waals surface area contributed by atoms with Crippen LogP contribution in [0.3, 0.4) is 0 Å². The van der Waals surface area contributed by atoms with Gasteiger partial charge in [-0.1, -0.05) is 12.1 Å². The third-order valence-corrected chi connectivity index (χ3v) is 5.41. The smallest absolute Gasteiger partial charge is 0.407 e. The summed E-state index contributed by atoms with van der Waals surface area (Å²) in [6.45, 7) is 2.74. The van der Waals surface area contributed by atoms with E-state index in [4.69, 9.17) is 19.3 Å². The van der Waals surface area contributed by atoms with Gasteiger partial charge in [0.25, 0.3) is 0 Å². The molecule has 3 atom stereocenters. The van der Waals surface area contributed by atoms with E-state index in [9.17, 15) is 9.90 Å². The number of amides is 1. The number of carbonyl (C=O) groups is 1. The second-order valence-corrected chi connectivity index (χ2v) is 7.48. The number of nitrogens with zero attached hydrogens (tertiary/aromatic N) is 1. The Hall–Kier alpha value is -1.83. The van der Waals surface area contributed by atoms with E-state index in [-0.39, 0.29) is 18.8 Å². The zero-order valence-electron chi connectivity index (χ0n) is 16.3. The first-order chi connectivity index (χ1) is 13.6. The van der Waals surface area contributed by atoms with Gasteiger partial charge in [0, 0.05) is 25.7 Å². The fourth-order valence-corrected chi connectivity index (χ4v) is 3.76. The number of aliphatic hydroxyl groups is 1. The van der Waals surface area contributed by atoms with Crippen molar-refractivity contribution in [1.29, 1.82) is 0 Å². The number of carboxylic acid groups (broad SMARTS) is 1. The molecule has 0 aliphatic carbocycles. The summed E-state index contributed by atoms with van der Waals surface area (Å²) in [4.78, 5) is 12.3. The van der Waals surface area contributed by atoms with Crippen LogP contribution in [0.1, 0.15) is 50.0 Å². The van der Waals surface area contributed by atoms with Gasteiger partial charge in [0.15, 0.2) is 6.29 Å². The normalized spacial score (nSPS) is 25.5. The zero-order valence-corrected chi connectivity index (χ0v) is 16.3. The molecule has 0 saturated carbocycles. The molecule has 2 aliphatic rings. The summed E-state index contributed by atoms with van der Waals surface area (Å²) in [5, 5.41) is 19.3. The maximum Gasteiger partial charge on any atom is 0.407 e. The van der Waals surface area contributed by atoms with E-state index in [1.165, 1.54) is 11.3 Å². The fourth-order valence-electron chi connectivity index (χ4n) is 3.76. The van der Waals surface area contributed by atoms with Gasteiger partial charge in [0.2, 0.25) is 0 Å². The number of β-amino-alcohol motifs (C(OH)–C–C–N with tert-alkyl or cyclic N) is 1.